The predicted octanol–water partition coefficient (Wildman–Crippen LogP) is 3.50. The summed E-state index contributed by atoms with van der Waals surface area (Å²) in [5.41, 5.74) is 7.22. The molecule has 0 unspecified atom stereocenters. The van der Waals surface area contributed by atoms with Crippen LogP contribution in [0.5, 0.6) is 0 Å². The summed E-state index contributed by atoms with van der Waals surface area (Å²) in [7, 11) is 1.93. The average Bonchev–Trinajstić information content (AvgIpc) is 2.40. The van der Waals surface area contributed by atoms with Crippen molar-refractivity contribution in [2.75, 3.05) is 7.05 Å². The van der Waals surface area contributed by atoms with E-state index in [0.29, 0.717) is 18.7 Å². The van der Waals surface area contributed by atoms with Gasteiger partial charge in [0, 0.05) is 23.1 Å². The highest BCUT2D eigenvalue weighted by Crippen LogP contribution is 2.17. The largest absolute Gasteiger partial charge is 0.384 e. The fraction of sp³-hybridized carbons (Fsp3) is 0.188. The fourth-order valence-electron chi connectivity index (χ4n) is 2.20. The molecule has 3 nitrogen and oxygen atoms in total. The molecule has 0 aromatic heterocycles. The van der Waals surface area contributed by atoms with Crippen molar-refractivity contribution in [2.45, 2.75) is 13.1 Å². The molecule has 2 rings (SSSR count). The second-order valence-electron chi connectivity index (χ2n) is 4.99. The van der Waals surface area contributed by atoms with Crippen LogP contribution in [0.4, 0.5) is 4.39 Å². The first kappa shape index (κ1) is 15.7. The van der Waals surface area contributed by atoms with Gasteiger partial charge in [-0.05, 0) is 30.8 Å². The highest BCUT2D eigenvalue weighted by atomic mass is 79.9. The molecule has 2 aromatic carbocycles. The molecule has 0 saturated carbocycles. The van der Waals surface area contributed by atoms with Gasteiger partial charge < -0.3 is 5.73 Å². The lowest BCUT2D eigenvalue weighted by Crippen LogP contribution is -2.20. The number of nitrogens with zero attached hydrogens (tertiary/aromatic N) is 1. The second-order valence-corrected chi connectivity index (χ2v) is 5.91. The van der Waals surface area contributed by atoms with E-state index in [0.717, 1.165) is 10.0 Å². The highest BCUT2D eigenvalue weighted by molar-refractivity contribution is 9.10. The molecule has 3 N–H and O–H groups in total. The van der Waals surface area contributed by atoms with E-state index in [1.54, 1.807) is 12.1 Å². The summed E-state index contributed by atoms with van der Waals surface area (Å²) in [5.74, 6) is -0.657. The summed E-state index contributed by atoms with van der Waals surface area (Å²) in [6.45, 7) is 1.17. The van der Waals surface area contributed by atoms with Crippen molar-refractivity contribution < 1.29 is 4.39 Å². The third-order valence-corrected chi connectivity index (χ3v) is 3.64. The molecule has 0 fully saturated rings. The van der Waals surface area contributed by atoms with Crippen molar-refractivity contribution >= 4 is 21.8 Å². The minimum Gasteiger partial charge on any atom is -0.384 e. The van der Waals surface area contributed by atoms with E-state index < -0.39 is 5.82 Å². The maximum Gasteiger partial charge on any atom is 0.138 e. The van der Waals surface area contributed by atoms with E-state index in [4.69, 9.17) is 11.1 Å². The van der Waals surface area contributed by atoms with Crippen LogP contribution < -0.4 is 5.73 Å². The van der Waals surface area contributed by atoms with E-state index in [-0.39, 0.29) is 11.4 Å². The Morgan fingerprint density at radius 1 is 1.24 bits per heavy atom. The third-order valence-electron chi connectivity index (χ3n) is 3.15. The van der Waals surface area contributed by atoms with Crippen molar-refractivity contribution in [1.29, 1.82) is 5.41 Å². The molecule has 0 aliphatic carbocycles. The fourth-order valence-corrected chi connectivity index (χ4v) is 2.65. The van der Waals surface area contributed by atoms with E-state index in [9.17, 15) is 4.39 Å². The van der Waals surface area contributed by atoms with Gasteiger partial charge in [0.25, 0.3) is 0 Å². The van der Waals surface area contributed by atoms with Crippen LogP contribution in [-0.4, -0.2) is 17.8 Å². The van der Waals surface area contributed by atoms with Gasteiger partial charge in [-0.25, -0.2) is 4.39 Å². The zero-order valence-corrected chi connectivity index (χ0v) is 13.3. The summed E-state index contributed by atoms with van der Waals surface area (Å²) in [6.07, 6.45) is 0. The highest BCUT2D eigenvalue weighted by Gasteiger charge is 2.12. The number of hydrogen-bond donors (Lipinski definition) is 2. The standard InChI is InChI=1S/C16H17BrFN3/c1-21(9-11-4-2-6-13(17)8-11)10-12-5-3-7-14(15(12)18)16(19)20/h2-8H,9-10H2,1H3,(H3,19,20). The molecule has 0 amide bonds. The summed E-state index contributed by atoms with van der Waals surface area (Å²) in [4.78, 5) is 2.02. The van der Waals surface area contributed by atoms with Crippen molar-refractivity contribution in [1.82, 2.24) is 4.90 Å². The Labute approximate surface area is 132 Å². The van der Waals surface area contributed by atoms with Gasteiger partial charge in [-0.15, -0.1) is 0 Å². The maximum atomic E-state index is 14.2. The summed E-state index contributed by atoms with van der Waals surface area (Å²) in [6, 6.07) is 13.0. The first-order valence-electron chi connectivity index (χ1n) is 6.52. The van der Waals surface area contributed by atoms with Crippen LogP contribution in [0.3, 0.4) is 0 Å². The summed E-state index contributed by atoms with van der Waals surface area (Å²) in [5, 5.41) is 7.38. The molecular formula is C16H17BrFN3. The Kier molecular flexibility index (Phi) is 5.09. The molecule has 110 valence electrons. The first-order valence-corrected chi connectivity index (χ1v) is 7.31. The lowest BCUT2D eigenvalue weighted by atomic mass is 10.1. The molecular weight excluding hydrogens is 333 g/mol. The topological polar surface area (TPSA) is 53.1 Å². The van der Waals surface area contributed by atoms with E-state index in [1.165, 1.54) is 6.07 Å². The minimum atomic E-state index is -0.411. The smallest absolute Gasteiger partial charge is 0.138 e. The Morgan fingerprint density at radius 2 is 1.95 bits per heavy atom. The van der Waals surface area contributed by atoms with Crippen LogP contribution in [0.1, 0.15) is 16.7 Å². The normalized spacial score (nSPS) is 10.9. The van der Waals surface area contributed by atoms with Gasteiger partial charge in [0.15, 0.2) is 0 Å². The summed E-state index contributed by atoms with van der Waals surface area (Å²) >= 11 is 3.44. The Balaban J connectivity index is 2.11. The zero-order valence-electron chi connectivity index (χ0n) is 11.7. The number of hydrogen-bond acceptors (Lipinski definition) is 2. The number of benzene rings is 2. The molecule has 21 heavy (non-hydrogen) atoms. The van der Waals surface area contributed by atoms with Crippen LogP contribution >= 0.6 is 15.9 Å². The molecule has 0 atom stereocenters. The van der Waals surface area contributed by atoms with Gasteiger partial charge in [0.2, 0.25) is 0 Å². The van der Waals surface area contributed by atoms with Crippen molar-refractivity contribution in [3.8, 4) is 0 Å². The van der Waals surface area contributed by atoms with Crippen LogP contribution in [0, 0.1) is 11.2 Å². The number of amidine groups is 1. The average molecular weight is 350 g/mol. The zero-order chi connectivity index (χ0) is 15.4. The van der Waals surface area contributed by atoms with Gasteiger partial charge in [-0.2, -0.15) is 0 Å². The van der Waals surface area contributed by atoms with E-state index in [2.05, 4.69) is 15.9 Å². The van der Waals surface area contributed by atoms with Crippen LogP contribution in [0.25, 0.3) is 0 Å². The molecule has 0 aliphatic heterocycles. The molecule has 5 heteroatoms. The molecule has 2 aromatic rings. The van der Waals surface area contributed by atoms with E-state index >= 15 is 0 Å². The lowest BCUT2D eigenvalue weighted by Gasteiger charge is -2.18. The third kappa shape index (κ3) is 4.12. The molecule has 0 bridgehead atoms. The maximum absolute atomic E-state index is 14.2. The van der Waals surface area contributed by atoms with Crippen LogP contribution in [0.15, 0.2) is 46.9 Å². The second kappa shape index (κ2) is 6.83. The lowest BCUT2D eigenvalue weighted by molar-refractivity contribution is 0.313. The molecule has 0 radical (unpaired) electrons. The minimum absolute atomic E-state index is 0.156. The molecule has 0 heterocycles. The molecule has 0 aliphatic rings. The number of halogens is 2. The quantitative estimate of drug-likeness (QED) is 0.641. The number of rotatable bonds is 5. The monoisotopic (exact) mass is 349 g/mol. The van der Waals surface area contributed by atoms with Gasteiger partial charge in [0.05, 0.1) is 5.56 Å². The first-order chi connectivity index (χ1) is 9.97. The predicted molar refractivity (Wildman–Crippen MR) is 86.7 cm³/mol. The SMILES string of the molecule is CN(Cc1cccc(Br)c1)Cc1cccc(C(=N)N)c1F. The Bertz CT molecular complexity index is 658. The van der Waals surface area contributed by atoms with Crippen molar-refractivity contribution in [3.63, 3.8) is 0 Å². The number of nitrogen functional groups attached to an aromatic ring is 1. The van der Waals surface area contributed by atoms with Crippen molar-refractivity contribution in [3.05, 3.63) is 69.4 Å². The van der Waals surface area contributed by atoms with E-state index in [1.807, 2.05) is 36.2 Å². The van der Waals surface area contributed by atoms with Gasteiger partial charge in [0.1, 0.15) is 11.7 Å². The number of nitrogens with one attached hydrogen (secondary N) is 1. The molecule has 0 saturated heterocycles. The van der Waals surface area contributed by atoms with Crippen LogP contribution in [0.2, 0.25) is 0 Å². The Hall–Kier alpha value is -1.72. The summed E-state index contributed by atoms with van der Waals surface area (Å²) < 4.78 is 15.3. The number of nitrogens with two attached hydrogens (primary N) is 1. The Morgan fingerprint density at radius 3 is 2.62 bits per heavy atom. The molecule has 0 spiro atoms. The van der Waals surface area contributed by atoms with Gasteiger partial charge >= 0.3 is 0 Å². The van der Waals surface area contributed by atoms with Crippen molar-refractivity contribution in [2.24, 2.45) is 5.73 Å². The van der Waals surface area contributed by atoms with Crippen LogP contribution in [-0.2, 0) is 13.1 Å². The van der Waals surface area contributed by atoms with Gasteiger partial charge in [-0.3, -0.25) is 10.3 Å². The van der Waals surface area contributed by atoms with Gasteiger partial charge in [-0.1, -0.05) is 40.2 Å².